The predicted octanol–water partition coefficient (Wildman–Crippen LogP) is 3.18. The first kappa shape index (κ1) is 12.7. The third kappa shape index (κ3) is 2.67. The van der Waals surface area contributed by atoms with Gasteiger partial charge in [-0.1, -0.05) is 6.07 Å². The van der Waals surface area contributed by atoms with E-state index in [1.165, 1.54) is 53.7 Å². The summed E-state index contributed by atoms with van der Waals surface area (Å²) in [6.07, 6.45) is 4.11. The summed E-state index contributed by atoms with van der Waals surface area (Å²) in [7, 11) is 0. The van der Waals surface area contributed by atoms with E-state index in [1.54, 1.807) is 0 Å². The summed E-state index contributed by atoms with van der Waals surface area (Å²) in [4.78, 5) is 2.60. The molecule has 2 nitrogen and oxygen atoms in total. The van der Waals surface area contributed by atoms with E-state index in [2.05, 4.69) is 57.9 Å². The minimum absolute atomic E-state index is 0.713. The predicted molar refractivity (Wildman–Crippen MR) is 85.2 cm³/mol. The molecule has 0 amide bonds. The van der Waals surface area contributed by atoms with Crippen LogP contribution in [0.2, 0.25) is 0 Å². The van der Waals surface area contributed by atoms with E-state index in [0.717, 1.165) is 5.92 Å². The number of hydrogen-bond acceptors (Lipinski definition) is 2. The van der Waals surface area contributed by atoms with Crippen LogP contribution in [0.5, 0.6) is 0 Å². The highest BCUT2D eigenvalue weighted by Crippen LogP contribution is 2.35. The topological polar surface area (TPSA) is 15.3 Å². The lowest BCUT2D eigenvalue weighted by molar-refractivity contribution is 0.490. The number of nitrogens with one attached hydrogen (secondary N) is 1. The molecule has 1 saturated carbocycles. The number of rotatable bonds is 2. The van der Waals surface area contributed by atoms with Gasteiger partial charge in [0.05, 0.1) is 0 Å². The molecule has 1 aromatic carbocycles. The Morgan fingerprint density at radius 2 is 2.17 bits per heavy atom. The number of halogens is 1. The SMILES string of the molecule is Cc1c(I)cccc1N1CCCNC(C2CC2)C1. The van der Waals surface area contributed by atoms with Crippen LogP contribution in [0.25, 0.3) is 0 Å². The Labute approximate surface area is 123 Å². The molecule has 0 spiro atoms. The molecule has 2 fully saturated rings. The zero-order valence-electron chi connectivity index (χ0n) is 11.0. The third-order valence-electron chi connectivity index (χ3n) is 4.20. The van der Waals surface area contributed by atoms with Crippen LogP contribution >= 0.6 is 22.6 Å². The second kappa shape index (κ2) is 5.37. The van der Waals surface area contributed by atoms with Crippen LogP contribution in [0.1, 0.15) is 24.8 Å². The maximum absolute atomic E-state index is 3.73. The van der Waals surface area contributed by atoms with E-state index in [4.69, 9.17) is 0 Å². The Balaban J connectivity index is 1.82. The maximum Gasteiger partial charge on any atom is 0.0407 e. The summed E-state index contributed by atoms with van der Waals surface area (Å²) in [5.41, 5.74) is 2.88. The molecule has 1 aliphatic heterocycles. The van der Waals surface area contributed by atoms with Crippen molar-refractivity contribution in [3.8, 4) is 0 Å². The molecule has 1 saturated heterocycles. The van der Waals surface area contributed by atoms with Crippen LogP contribution < -0.4 is 10.2 Å². The van der Waals surface area contributed by atoms with Gasteiger partial charge in [-0.3, -0.25) is 0 Å². The van der Waals surface area contributed by atoms with Gasteiger partial charge in [0.15, 0.2) is 0 Å². The number of anilines is 1. The lowest BCUT2D eigenvalue weighted by Crippen LogP contribution is -2.39. The first-order valence-corrected chi connectivity index (χ1v) is 8.07. The average Bonchev–Trinajstić information content (AvgIpc) is 3.16. The second-order valence-electron chi connectivity index (χ2n) is 5.58. The van der Waals surface area contributed by atoms with Crippen molar-refractivity contribution in [2.45, 2.75) is 32.2 Å². The maximum atomic E-state index is 3.73. The molecule has 3 rings (SSSR count). The summed E-state index contributed by atoms with van der Waals surface area (Å²) in [5.74, 6) is 0.939. The van der Waals surface area contributed by atoms with Gasteiger partial charge >= 0.3 is 0 Å². The van der Waals surface area contributed by atoms with Crippen molar-refractivity contribution in [3.05, 3.63) is 27.3 Å². The number of hydrogen-bond donors (Lipinski definition) is 1. The fraction of sp³-hybridized carbons (Fsp3) is 0.600. The lowest BCUT2D eigenvalue weighted by Gasteiger charge is -2.28. The van der Waals surface area contributed by atoms with Gasteiger partial charge in [0.25, 0.3) is 0 Å². The summed E-state index contributed by atoms with van der Waals surface area (Å²) >= 11 is 2.44. The van der Waals surface area contributed by atoms with Crippen LogP contribution in [0, 0.1) is 16.4 Å². The molecule has 0 radical (unpaired) electrons. The van der Waals surface area contributed by atoms with Gasteiger partial charge in [0, 0.05) is 28.4 Å². The normalized spacial score (nSPS) is 25.0. The molecule has 3 heteroatoms. The Bertz CT molecular complexity index is 429. The van der Waals surface area contributed by atoms with Crippen LogP contribution in [0.15, 0.2) is 18.2 Å². The molecular weight excluding hydrogens is 335 g/mol. The van der Waals surface area contributed by atoms with Gasteiger partial charge in [-0.15, -0.1) is 0 Å². The van der Waals surface area contributed by atoms with Gasteiger partial charge in [0.1, 0.15) is 0 Å². The third-order valence-corrected chi connectivity index (χ3v) is 5.37. The molecule has 2 aliphatic rings. The average molecular weight is 356 g/mol. The van der Waals surface area contributed by atoms with Crippen molar-refractivity contribution in [2.24, 2.45) is 5.92 Å². The monoisotopic (exact) mass is 356 g/mol. The largest absolute Gasteiger partial charge is 0.370 e. The lowest BCUT2D eigenvalue weighted by atomic mass is 10.1. The molecule has 1 unspecified atom stereocenters. The quantitative estimate of drug-likeness (QED) is 0.819. The highest BCUT2D eigenvalue weighted by molar-refractivity contribution is 14.1. The summed E-state index contributed by atoms with van der Waals surface area (Å²) in [5, 5.41) is 3.73. The van der Waals surface area contributed by atoms with E-state index in [9.17, 15) is 0 Å². The smallest absolute Gasteiger partial charge is 0.0407 e. The summed E-state index contributed by atoms with van der Waals surface area (Å²) < 4.78 is 1.38. The molecule has 1 aliphatic carbocycles. The van der Waals surface area contributed by atoms with Crippen LogP contribution in [0.4, 0.5) is 5.69 Å². The van der Waals surface area contributed by atoms with Gasteiger partial charge in [-0.25, -0.2) is 0 Å². The molecule has 1 heterocycles. The first-order chi connectivity index (χ1) is 8.75. The summed E-state index contributed by atoms with van der Waals surface area (Å²) in [6.45, 7) is 5.81. The Morgan fingerprint density at radius 3 is 2.94 bits per heavy atom. The number of nitrogens with zero attached hydrogens (tertiary/aromatic N) is 1. The fourth-order valence-electron chi connectivity index (χ4n) is 2.92. The summed E-state index contributed by atoms with van der Waals surface area (Å²) in [6, 6.07) is 7.39. The van der Waals surface area contributed by atoms with Crippen molar-refractivity contribution >= 4 is 28.3 Å². The van der Waals surface area contributed by atoms with E-state index < -0.39 is 0 Å². The highest BCUT2D eigenvalue weighted by atomic mass is 127. The van der Waals surface area contributed by atoms with Crippen molar-refractivity contribution < 1.29 is 0 Å². The van der Waals surface area contributed by atoms with Crippen molar-refractivity contribution in [3.63, 3.8) is 0 Å². The van der Waals surface area contributed by atoms with Gasteiger partial charge in [-0.2, -0.15) is 0 Å². The zero-order valence-corrected chi connectivity index (χ0v) is 13.1. The highest BCUT2D eigenvalue weighted by Gasteiger charge is 2.33. The minimum Gasteiger partial charge on any atom is -0.370 e. The van der Waals surface area contributed by atoms with Crippen molar-refractivity contribution in [1.29, 1.82) is 0 Å². The minimum atomic E-state index is 0.713. The standard InChI is InChI=1S/C15H21IN2/c1-11-13(16)4-2-5-15(11)18-9-3-8-17-14(10-18)12-6-7-12/h2,4-5,12,14,17H,3,6-10H2,1H3. The van der Waals surface area contributed by atoms with Crippen molar-refractivity contribution in [1.82, 2.24) is 5.32 Å². The van der Waals surface area contributed by atoms with Gasteiger partial charge in [-0.05, 0) is 78.9 Å². The van der Waals surface area contributed by atoms with Crippen molar-refractivity contribution in [2.75, 3.05) is 24.5 Å². The molecule has 1 atom stereocenters. The molecule has 18 heavy (non-hydrogen) atoms. The molecule has 1 aromatic rings. The molecule has 0 bridgehead atoms. The molecule has 1 N–H and O–H groups in total. The first-order valence-electron chi connectivity index (χ1n) is 6.99. The van der Waals surface area contributed by atoms with Crippen LogP contribution in [-0.4, -0.2) is 25.7 Å². The molecule has 98 valence electrons. The van der Waals surface area contributed by atoms with Gasteiger partial charge in [0.2, 0.25) is 0 Å². The van der Waals surface area contributed by atoms with E-state index >= 15 is 0 Å². The Morgan fingerprint density at radius 1 is 1.33 bits per heavy atom. The van der Waals surface area contributed by atoms with Crippen LogP contribution in [-0.2, 0) is 0 Å². The second-order valence-corrected chi connectivity index (χ2v) is 6.74. The van der Waals surface area contributed by atoms with E-state index in [-0.39, 0.29) is 0 Å². The van der Waals surface area contributed by atoms with E-state index in [1.807, 2.05) is 0 Å². The molecule has 0 aromatic heterocycles. The zero-order chi connectivity index (χ0) is 12.5. The van der Waals surface area contributed by atoms with Crippen LogP contribution in [0.3, 0.4) is 0 Å². The Hall–Kier alpha value is -0.290. The molecular formula is C15H21IN2. The van der Waals surface area contributed by atoms with E-state index in [0.29, 0.717) is 6.04 Å². The number of benzene rings is 1. The fourth-order valence-corrected chi connectivity index (χ4v) is 3.41. The van der Waals surface area contributed by atoms with Gasteiger partial charge < -0.3 is 10.2 Å². The Kier molecular flexibility index (Phi) is 3.80.